The molecule has 146 valence electrons. The lowest BCUT2D eigenvalue weighted by molar-refractivity contribution is -0.386. The second kappa shape index (κ2) is 8.55. The highest BCUT2D eigenvalue weighted by Gasteiger charge is 2.43. The quantitative estimate of drug-likeness (QED) is 0.391. The van der Waals surface area contributed by atoms with Gasteiger partial charge in [0.1, 0.15) is 5.41 Å². The molecule has 2 fully saturated rings. The standard InChI is InChI=1S/C19H25N3O5/c1-25-17-11-15(19(13-20)5-10-26-14-19)16(22(23)24)12-18(17)27-9-4-8-21-6-2-3-7-21/h11-12H,2-10,14H2,1H3. The average molecular weight is 375 g/mol. The van der Waals surface area contributed by atoms with Crippen LogP contribution in [0.1, 0.15) is 31.2 Å². The van der Waals surface area contributed by atoms with Gasteiger partial charge in [-0.1, -0.05) is 0 Å². The first-order valence-electron chi connectivity index (χ1n) is 9.31. The number of methoxy groups -OCH3 is 1. The third-order valence-electron chi connectivity index (χ3n) is 5.30. The van der Waals surface area contributed by atoms with Gasteiger partial charge in [0.25, 0.3) is 5.69 Å². The average Bonchev–Trinajstić information content (AvgIpc) is 3.37. The zero-order valence-corrected chi connectivity index (χ0v) is 15.6. The Hall–Kier alpha value is -2.37. The predicted octanol–water partition coefficient (Wildman–Crippen LogP) is 2.65. The van der Waals surface area contributed by atoms with E-state index in [0.29, 0.717) is 36.7 Å². The highest BCUT2D eigenvalue weighted by Crippen LogP contribution is 2.43. The Balaban J connectivity index is 1.79. The van der Waals surface area contributed by atoms with Gasteiger partial charge in [-0.2, -0.15) is 5.26 Å². The van der Waals surface area contributed by atoms with Gasteiger partial charge in [-0.3, -0.25) is 10.1 Å². The molecule has 0 amide bonds. The Labute approximate surface area is 158 Å². The monoisotopic (exact) mass is 375 g/mol. The largest absolute Gasteiger partial charge is 0.493 e. The normalized spacial score (nSPS) is 22.5. The van der Waals surface area contributed by atoms with Gasteiger partial charge in [-0.05, 0) is 44.8 Å². The maximum Gasteiger partial charge on any atom is 0.278 e. The Morgan fingerprint density at radius 3 is 2.74 bits per heavy atom. The summed E-state index contributed by atoms with van der Waals surface area (Å²) in [5.74, 6) is 0.736. The molecule has 3 rings (SSSR count). The summed E-state index contributed by atoms with van der Waals surface area (Å²) in [6, 6.07) is 5.15. The topological polar surface area (TPSA) is 97.9 Å². The van der Waals surface area contributed by atoms with Gasteiger partial charge in [0.2, 0.25) is 0 Å². The van der Waals surface area contributed by atoms with Crippen LogP contribution >= 0.6 is 0 Å². The number of nitriles is 1. The molecule has 0 spiro atoms. The lowest BCUT2D eigenvalue weighted by atomic mass is 9.80. The van der Waals surface area contributed by atoms with Crippen LogP contribution in [0, 0.1) is 21.4 Å². The lowest BCUT2D eigenvalue weighted by Gasteiger charge is -2.21. The summed E-state index contributed by atoms with van der Waals surface area (Å²) in [5, 5.41) is 21.3. The van der Waals surface area contributed by atoms with Crippen LogP contribution in [0.2, 0.25) is 0 Å². The molecule has 2 aliphatic heterocycles. The molecule has 8 nitrogen and oxygen atoms in total. The molecule has 2 heterocycles. The van der Waals surface area contributed by atoms with Crippen LogP contribution in [0.4, 0.5) is 5.69 Å². The summed E-state index contributed by atoms with van der Waals surface area (Å²) in [6.45, 7) is 4.21. The van der Waals surface area contributed by atoms with E-state index < -0.39 is 10.3 Å². The van der Waals surface area contributed by atoms with Crippen molar-refractivity contribution in [2.24, 2.45) is 0 Å². The fourth-order valence-corrected chi connectivity index (χ4v) is 3.76. The number of benzene rings is 1. The SMILES string of the molecule is COc1cc(C2(C#N)CCOC2)c([N+](=O)[O-])cc1OCCCN1CCCC1. The molecule has 27 heavy (non-hydrogen) atoms. The highest BCUT2D eigenvalue weighted by atomic mass is 16.6. The third kappa shape index (κ3) is 4.15. The van der Waals surface area contributed by atoms with E-state index in [0.717, 1.165) is 26.1 Å². The smallest absolute Gasteiger partial charge is 0.278 e. The van der Waals surface area contributed by atoms with Crippen LogP contribution in [0.5, 0.6) is 11.5 Å². The van der Waals surface area contributed by atoms with Crippen molar-refractivity contribution in [3.05, 3.63) is 27.8 Å². The van der Waals surface area contributed by atoms with Crippen molar-refractivity contribution in [3.63, 3.8) is 0 Å². The molecular weight excluding hydrogens is 350 g/mol. The first-order chi connectivity index (χ1) is 13.1. The van der Waals surface area contributed by atoms with E-state index in [1.807, 2.05) is 0 Å². The van der Waals surface area contributed by atoms with Gasteiger partial charge in [-0.25, -0.2) is 0 Å². The van der Waals surface area contributed by atoms with Crippen LogP contribution in [0.15, 0.2) is 12.1 Å². The first-order valence-corrected chi connectivity index (χ1v) is 9.31. The number of hydrogen-bond acceptors (Lipinski definition) is 7. The molecule has 0 bridgehead atoms. The van der Waals surface area contributed by atoms with E-state index in [2.05, 4.69) is 11.0 Å². The number of hydrogen-bond donors (Lipinski definition) is 0. The van der Waals surface area contributed by atoms with E-state index in [1.165, 1.54) is 26.0 Å². The first kappa shape index (κ1) is 19.4. The van der Waals surface area contributed by atoms with E-state index >= 15 is 0 Å². The number of nitro benzene ring substituents is 1. The summed E-state index contributed by atoms with van der Waals surface area (Å²) in [5.41, 5.74) is -0.824. The zero-order valence-electron chi connectivity index (χ0n) is 15.6. The van der Waals surface area contributed by atoms with Gasteiger partial charge in [0, 0.05) is 13.2 Å². The highest BCUT2D eigenvalue weighted by molar-refractivity contribution is 5.59. The van der Waals surface area contributed by atoms with Crippen molar-refractivity contribution in [2.75, 3.05) is 46.6 Å². The molecule has 0 aromatic heterocycles. The van der Waals surface area contributed by atoms with Gasteiger partial charge in [0.05, 0.1) is 42.9 Å². The maximum absolute atomic E-state index is 11.6. The number of rotatable bonds is 8. The molecule has 1 atom stereocenters. The van der Waals surface area contributed by atoms with Gasteiger partial charge < -0.3 is 19.1 Å². The minimum Gasteiger partial charge on any atom is -0.493 e. The predicted molar refractivity (Wildman–Crippen MR) is 98.2 cm³/mol. The Bertz CT molecular complexity index is 719. The number of nitrogens with zero attached hydrogens (tertiary/aromatic N) is 3. The molecule has 0 aliphatic carbocycles. The molecule has 2 aliphatic rings. The summed E-state index contributed by atoms with van der Waals surface area (Å²) >= 11 is 0. The molecule has 0 N–H and O–H groups in total. The minimum atomic E-state index is -1.02. The molecule has 1 aromatic rings. The molecule has 1 unspecified atom stereocenters. The number of likely N-dealkylation sites (tertiary alicyclic amines) is 1. The molecule has 0 radical (unpaired) electrons. The second-order valence-corrected chi connectivity index (χ2v) is 7.02. The van der Waals surface area contributed by atoms with Gasteiger partial charge in [-0.15, -0.1) is 0 Å². The van der Waals surface area contributed by atoms with Crippen molar-refractivity contribution in [1.29, 1.82) is 5.26 Å². The van der Waals surface area contributed by atoms with Crippen molar-refractivity contribution < 1.29 is 19.1 Å². The Morgan fingerprint density at radius 1 is 1.37 bits per heavy atom. The van der Waals surface area contributed by atoms with E-state index in [1.54, 1.807) is 6.07 Å². The molecular formula is C19H25N3O5. The summed E-state index contributed by atoms with van der Waals surface area (Å²) in [6.07, 6.45) is 3.75. The number of ether oxygens (including phenoxy) is 3. The molecule has 1 aromatic carbocycles. The van der Waals surface area contributed by atoms with Crippen LogP contribution in [0.25, 0.3) is 0 Å². The third-order valence-corrected chi connectivity index (χ3v) is 5.30. The van der Waals surface area contributed by atoms with Crippen molar-refractivity contribution in [3.8, 4) is 17.6 Å². The zero-order chi connectivity index (χ0) is 19.3. The van der Waals surface area contributed by atoms with Crippen LogP contribution in [-0.2, 0) is 10.2 Å². The molecule has 0 saturated carbocycles. The summed E-state index contributed by atoms with van der Waals surface area (Å²) in [7, 11) is 1.49. The lowest BCUT2D eigenvalue weighted by Crippen LogP contribution is -2.25. The molecule has 8 heteroatoms. The van der Waals surface area contributed by atoms with Crippen molar-refractivity contribution >= 4 is 5.69 Å². The molecule has 2 saturated heterocycles. The Kier molecular flexibility index (Phi) is 6.14. The van der Waals surface area contributed by atoms with Crippen LogP contribution in [0.3, 0.4) is 0 Å². The summed E-state index contributed by atoms with van der Waals surface area (Å²) in [4.78, 5) is 13.6. The van der Waals surface area contributed by atoms with Crippen molar-refractivity contribution in [2.45, 2.75) is 31.1 Å². The van der Waals surface area contributed by atoms with Crippen molar-refractivity contribution in [1.82, 2.24) is 4.90 Å². The van der Waals surface area contributed by atoms with Crippen LogP contribution in [-0.4, -0.2) is 56.4 Å². The fourth-order valence-electron chi connectivity index (χ4n) is 3.76. The minimum absolute atomic E-state index is 0.127. The van der Waals surface area contributed by atoms with E-state index in [9.17, 15) is 15.4 Å². The van der Waals surface area contributed by atoms with Gasteiger partial charge >= 0.3 is 0 Å². The van der Waals surface area contributed by atoms with E-state index in [4.69, 9.17) is 14.2 Å². The second-order valence-electron chi connectivity index (χ2n) is 7.02. The van der Waals surface area contributed by atoms with E-state index in [-0.39, 0.29) is 12.3 Å². The van der Waals surface area contributed by atoms with Gasteiger partial charge in [0.15, 0.2) is 11.5 Å². The fraction of sp³-hybridized carbons (Fsp3) is 0.632. The maximum atomic E-state index is 11.6. The Morgan fingerprint density at radius 2 is 2.15 bits per heavy atom. The van der Waals surface area contributed by atoms with Crippen LogP contribution < -0.4 is 9.47 Å². The summed E-state index contributed by atoms with van der Waals surface area (Å²) < 4.78 is 16.5. The number of nitro groups is 1.